The lowest BCUT2D eigenvalue weighted by molar-refractivity contribution is -0.384. The number of phenolic OH excluding ortho intramolecular Hbond substituents is 1. The number of ketones is 1. The number of hydrogen-bond acceptors (Lipinski definition) is 6. The van der Waals surface area contributed by atoms with Crippen molar-refractivity contribution in [3.63, 3.8) is 0 Å². The van der Waals surface area contributed by atoms with Crippen LogP contribution in [0.1, 0.15) is 55.5 Å². The zero-order valence-corrected chi connectivity index (χ0v) is 16.8. The van der Waals surface area contributed by atoms with Crippen LogP contribution in [0.15, 0.2) is 36.4 Å². The highest BCUT2D eigenvalue weighted by atomic mass is 16.6. The first kappa shape index (κ1) is 22.2. The predicted octanol–water partition coefficient (Wildman–Crippen LogP) is 5.08. The number of Topliss-reactive ketones (excluding diaryl/α,β-unsaturated/α-hetero) is 1. The van der Waals surface area contributed by atoms with Gasteiger partial charge in [0, 0.05) is 17.7 Å². The van der Waals surface area contributed by atoms with E-state index in [-0.39, 0.29) is 17.2 Å². The maximum absolute atomic E-state index is 11.6. The molecule has 0 saturated carbocycles. The average Bonchev–Trinajstić information content (AvgIpc) is 2.69. The van der Waals surface area contributed by atoms with Gasteiger partial charge in [-0.1, -0.05) is 13.3 Å². The quantitative estimate of drug-likeness (QED) is 0.230. The van der Waals surface area contributed by atoms with E-state index < -0.39 is 4.92 Å². The lowest BCUT2D eigenvalue weighted by atomic mass is 10.0. The topological polar surface area (TPSA) is 98.9 Å². The van der Waals surface area contributed by atoms with E-state index >= 15 is 0 Å². The Hall–Kier alpha value is -3.09. The van der Waals surface area contributed by atoms with Gasteiger partial charge in [-0.3, -0.25) is 14.9 Å². The molecule has 0 aliphatic carbocycles. The summed E-state index contributed by atoms with van der Waals surface area (Å²) in [6, 6.07) is 9.37. The van der Waals surface area contributed by atoms with Crippen LogP contribution in [0.25, 0.3) is 0 Å². The average molecular weight is 401 g/mol. The third-order valence-corrected chi connectivity index (χ3v) is 4.48. The minimum absolute atomic E-state index is 0.0216. The first-order chi connectivity index (χ1) is 13.9. The lowest BCUT2D eigenvalue weighted by Gasteiger charge is -2.14. The number of unbranched alkanes of at least 4 members (excludes halogenated alkanes) is 2. The molecule has 0 atom stereocenters. The molecule has 0 aliphatic rings. The summed E-state index contributed by atoms with van der Waals surface area (Å²) >= 11 is 0. The van der Waals surface area contributed by atoms with Crippen molar-refractivity contribution in [1.29, 1.82) is 0 Å². The van der Waals surface area contributed by atoms with Gasteiger partial charge in [0.15, 0.2) is 5.78 Å². The molecule has 29 heavy (non-hydrogen) atoms. The van der Waals surface area contributed by atoms with Crippen molar-refractivity contribution in [1.82, 2.24) is 0 Å². The molecular formula is C22H27NO6. The molecule has 2 aromatic rings. The second kappa shape index (κ2) is 11.0. The van der Waals surface area contributed by atoms with E-state index in [9.17, 15) is 20.0 Å². The number of benzene rings is 2. The zero-order valence-electron chi connectivity index (χ0n) is 16.8. The maximum atomic E-state index is 11.6. The van der Waals surface area contributed by atoms with Crippen molar-refractivity contribution >= 4 is 11.5 Å². The Labute approximate surface area is 170 Å². The van der Waals surface area contributed by atoms with Crippen LogP contribution in [-0.2, 0) is 6.42 Å². The van der Waals surface area contributed by atoms with Gasteiger partial charge in [-0.25, -0.2) is 0 Å². The smallest absolute Gasteiger partial charge is 0.269 e. The second-order valence-corrected chi connectivity index (χ2v) is 6.75. The summed E-state index contributed by atoms with van der Waals surface area (Å²) in [7, 11) is 0. The van der Waals surface area contributed by atoms with Crippen molar-refractivity contribution in [2.24, 2.45) is 0 Å². The van der Waals surface area contributed by atoms with Gasteiger partial charge < -0.3 is 14.6 Å². The van der Waals surface area contributed by atoms with E-state index in [2.05, 4.69) is 0 Å². The molecule has 2 rings (SSSR count). The van der Waals surface area contributed by atoms with Gasteiger partial charge in [-0.15, -0.1) is 0 Å². The Morgan fingerprint density at radius 2 is 1.69 bits per heavy atom. The van der Waals surface area contributed by atoms with Crippen LogP contribution in [0.5, 0.6) is 17.2 Å². The van der Waals surface area contributed by atoms with Gasteiger partial charge >= 0.3 is 0 Å². The molecule has 1 N–H and O–H groups in total. The van der Waals surface area contributed by atoms with Crippen molar-refractivity contribution in [2.75, 3.05) is 13.2 Å². The third-order valence-electron chi connectivity index (χ3n) is 4.48. The summed E-state index contributed by atoms with van der Waals surface area (Å²) in [5, 5.41) is 21.0. The summed E-state index contributed by atoms with van der Waals surface area (Å²) in [5.74, 6) is 1.08. The Kier molecular flexibility index (Phi) is 8.45. The summed E-state index contributed by atoms with van der Waals surface area (Å²) < 4.78 is 11.4. The number of carbonyl (C=O) groups is 1. The highest BCUT2D eigenvalue weighted by Gasteiger charge is 2.15. The van der Waals surface area contributed by atoms with E-state index in [1.54, 1.807) is 24.3 Å². The fourth-order valence-corrected chi connectivity index (χ4v) is 2.95. The summed E-state index contributed by atoms with van der Waals surface area (Å²) in [6.45, 7) is 4.47. The molecule has 0 bridgehead atoms. The number of ether oxygens (including phenoxy) is 2. The first-order valence-electron chi connectivity index (χ1n) is 9.79. The minimum Gasteiger partial charge on any atom is -0.507 e. The van der Waals surface area contributed by atoms with Crippen LogP contribution >= 0.6 is 0 Å². The van der Waals surface area contributed by atoms with Crippen LogP contribution in [0.2, 0.25) is 0 Å². The SMILES string of the molecule is CCCc1c(OCCCCCOc2ccc([N+](=O)[O-])cc2)ccc(C(C)=O)c1O. The highest BCUT2D eigenvalue weighted by Crippen LogP contribution is 2.33. The molecule has 0 amide bonds. The number of carbonyl (C=O) groups excluding carboxylic acids is 1. The van der Waals surface area contributed by atoms with E-state index in [0.29, 0.717) is 42.3 Å². The number of hydrogen-bond donors (Lipinski definition) is 1. The van der Waals surface area contributed by atoms with E-state index in [4.69, 9.17) is 9.47 Å². The van der Waals surface area contributed by atoms with Crippen LogP contribution in [0, 0.1) is 10.1 Å². The van der Waals surface area contributed by atoms with Crippen LogP contribution < -0.4 is 9.47 Å². The molecule has 0 aliphatic heterocycles. The molecule has 0 heterocycles. The Morgan fingerprint density at radius 3 is 2.28 bits per heavy atom. The number of phenols is 1. The molecule has 7 nitrogen and oxygen atoms in total. The van der Waals surface area contributed by atoms with E-state index in [1.807, 2.05) is 6.92 Å². The van der Waals surface area contributed by atoms with Gasteiger partial charge in [0.05, 0.1) is 23.7 Å². The second-order valence-electron chi connectivity index (χ2n) is 6.75. The van der Waals surface area contributed by atoms with Crippen LogP contribution in [-0.4, -0.2) is 29.0 Å². The molecule has 0 fully saturated rings. The molecule has 0 unspecified atom stereocenters. The van der Waals surface area contributed by atoms with Crippen LogP contribution in [0.4, 0.5) is 5.69 Å². The number of nitrogens with zero attached hydrogens (tertiary/aromatic N) is 1. The maximum Gasteiger partial charge on any atom is 0.269 e. The molecule has 0 spiro atoms. The Bertz CT molecular complexity index is 832. The van der Waals surface area contributed by atoms with Gasteiger partial charge in [-0.05, 0) is 56.9 Å². The summed E-state index contributed by atoms with van der Waals surface area (Å²) in [4.78, 5) is 21.8. The van der Waals surface area contributed by atoms with Crippen molar-refractivity contribution in [2.45, 2.75) is 46.0 Å². The van der Waals surface area contributed by atoms with Gasteiger partial charge in [0.25, 0.3) is 5.69 Å². The lowest BCUT2D eigenvalue weighted by Crippen LogP contribution is -2.04. The number of nitro groups is 1. The molecular weight excluding hydrogens is 374 g/mol. The molecule has 7 heteroatoms. The number of rotatable bonds is 12. The molecule has 0 saturated heterocycles. The number of non-ortho nitro benzene ring substituents is 1. The third kappa shape index (κ3) is 6.48. The highest BCUT2D eigenvalue weighted by molar-refractivity contribution is 5.97. The number of aromatic hydroxyl groups is 1. The molecule has 156 valence electrons. The molecule has 2 aromatic carbocycles. The number of nitro benzene ring substituents is 1. The normalized spacial score (nSPS) is 10.6. The van der Waals surface area contributed by atoms with E-state index in [0.717, 1.165) is 25.7 Å². The van der Waals surface area contributed by atoms with Crippen molar-refractivity contribution in [3.8, 4) is 17.2 Å². The molecule has 0 radical (unpaired) electrons. The minimum atomic E-state index is -0.441. The standard InChI is InChI=1S/C22H27NO6/c1-3-7-20-21(13-12-19(16(2)24)22(20)25)29-15-6-4-5-14-28-18-10-8-17(9-11-18)23(26)27/h8-13,25H,3-7,14-15H2,1-2H3. The van der Waals surface area contributed by atoms with Crippen molar-refractivity contribution in [3.05, 3.63) is 57.6 Å². The summed E-state index contributed by atoms with van der Waals surface area (Å²) in [5.41, 5.74) is 1.05. The van der Waals surface area contributed by atoms with Gasteiger partial charge in [0.1, 0.15) is 17.2 Å². The zero-order chi connectivity index (χ0) is 21.2. The first-order valence-corrected chi connectivity index (χ1v) is 9.79. The fourth-order valence-electron chi connectivity index (χ4n) is 2.95. The Balaban J connectivity index is 1.74. The van der Waals surface area contributed by atoms with E-state index in [1.165, 1.54) is 19.1 Å². The Morgan fingerprint density at radius 1 is 1.03 bits per heavy atom. The van der Waals surface area contributed by atoms with Gasteiger partial charge in [-0.2, -0.15) is 0 Å². The van der Waals surface area contributed by atoms with Crippen LogP contribution in [0.3, 0.4) is 0 Å². The molecule has 0 aromatic heterocycles. The largest absolute Gasteiger partial charge is 0.507 e. The fraction of sp³-hybridized carbons (Fsp3) is 0.409. The van der Waals surface area contributed by atoms with Crippen molar-refractivity contribution < 1.29 is 24.3 Å². The predicted molar refractivity (Wildman–Crippen MR) is 110 cm³/mol. The summed E-state index contributed by atoms with van der Waals surface area (Å²) in [6.07, 6.45) is 4.03. The van der Waals surface area contributed by atoms with Gasteiger partial charge in [0.2, 0.25) is 0 Å². The monoisotopic (exact) mass is 401 g/mol.